The Morgan fingerprint density at radius 2 is 1.86 bits per heavy atom. The van der Waals surface area contributed by atoms with Crippen molar-refractivity contribution in [1.82, 2.24) is 5.32 Å². The number of hydrogen-bond donors (Lipinski definition) is 2. The smallest absolute Gasteiger partial charge is 0.303 e. The molecule has 1 aromatic rings. The highest BCUT2D eigenvalue weighted by molar-refractivity contribution is 5.77. The molecule has 1 amide bonds. The number of carboxylic acid groups (broad SMARTS) is 1. The van der Waals surface area contributed by atoms with Crippen molar-refractivity contribution in [3.05, 3.63) is 29.8 Å². The van der Waals surface area contributed by atoms with Gasteiger partial charge in [0.25, 0.3) is 0 Å². The number of benzene rings is 1. The minimum Gasteiger partial charge on any atom is -0.497 e. The SMILES string of the molecule is COc1ccc(C(C)CC(=O)NC(C)CCC(=O)O)cc1. The van der Waals surface area contributed by atoms with Gasteiger partial charge in [0.05, 0.1) is 7.11 Å². The van der Waals surface area contributed by atoms with Crippen LogP contribution in [0.2, 0.25) is 0 Å². The van der Waals surface area contributed by atoms with Gasteiger partial charge in [-0.25, -0.2) is 0 Å². The number of aliphatic carboxylic acids is 1. The molecule has 0 aliphatic heterocycles. The van der Waals surface area contributed by atoms with E-state index in [0.29, 0.717) is 12.8 Å². The Labute approximate surface area is 125 Å². The molecule has 0 aromatic heterocycles. The first-order valence-electron chi connectivity index (χ1n) is 7.07. The number of rotatable bonds is 8. The number of nitrogens with one attached hydrogen (secondary N) is 1. The quantitative estimate of drug-likeness (QED) is 0.772. The van der Waals surface area contributed by atoms with Crippen LogP contribution in [0.1, 0.15) is 44.6 Å². The summed E-state index contributed by atoms with van der Waals surface area (Å²) in [6.45, 7) is 3.81. The van der Waals surface area contributed by atoms with Crippen LogP contribution in [0.25, 0.3) is 0 Å². The van der Waals surface area contributed by atoms with Crippen molar-refractivity contribution < 1.29 is 19.4 Å². The van der Waals surface area contributed by atoms with Crippen LogP contribution in [0.15, 0.2) is 24.3 Å². The highest BCUT2D eigenvalue weighted by Crippen LogP contribution is 2.21. The maximum absolute atomic E-state index is 11.9. The number of carbonyl (C=O) groups is 2. The molecule has 0 radical (unpaired) electrons. The van der Waals surface area contributed by atoms with Gasteiger partial charge < -0.3 is 15.2 Å². The predicted molar refractivity (Wildman–Crippen MR) is 80.5 cm³/mol. The Bertz CT molecular complexity index is 470. The molecule has 0 heterocycles. The fourth-order valence-corrected chi connectivity index (χ4v) is 2.07. The molecule has 2 N–H and O–H groups in total. The van der Waals surface area contributed by atoms with Crippen LogP contribution in [-0.2, 0) is 9.59 Å². The second-order valence-corrected chi connectivity index (χ2v) is 5.28. The molecule has 0 bridgehead atoms. The van der Waals surface area contributed by atoms with Gasteiger partial charge in [-0.3, -0.25) is 9.59 Å². The molecule has 0 aliphatic rings. The van der Waals surface area contributed by atoms with Crippen LogP contribution in [-0.4, -0.2) is 30.1 Å². The lowest BCUT2D eigenvalue weighted by Gasteiger charge is -2.16. The van der Waals surface area contributed by atoms with Crippen LogP contribution in [0, 0.1) is 0 Å². The topological polar surface area (TPSA) is 75.6 Å². The summed E-state index contributed by atoms with van der Waals surface area (Å²) in [7, 11) is 1.62. The van der Waals surface area contributed by atoms with Crippen molar-refractivity contribution in [3.63, 3.8) is 0 Å². The van der Waals surface area contributed by atoms with Gasteiger partial charge in [-0.1, -0.05) is 19.1 Å². The lowest BCUT2D eigenvalue weighted by atomic mass is 9.97. The third-order valence-corrected chi connectivity index (χ3v) is 3.38. The Balaban J connectivity index is 2.43. The van der Waals surface area contributed by atoms with Gasteiger partial charge in [-0.2, -0.15) is 0 Å². The first kappa shape index (κ1) is 17.0. The number of methoxy groups -OCH3 is 1. The van der Waals surface area contributed by atoms with E-state index in [-0.39, 0.29) is 24.3 Å². The lowest BCUT2D eigenvalue weighted by molar-refractivity contribution is -0.137. The van der Waals surface area contributed by atoms with Crippen LogP contribution in [0.5, 0.6) is 5.75 Å². The Morgan fingerprint density at radius 3 is 2.38 bits per heavy atom. The van der Waals surface area contributed by atoms with E-state index in [0.717, 1.165) is 11.3 Å². The van der Waals surface area contributed by atoms with Crippen molar-refractivity contribution in [2.24, 2.45) is 0 Å². The van der Waals surface area contributed by atoms with E-state index in [4.69, 9.17) is 9.84 Å². The van der Waals surface area contributed by atoms with Crippen molar-refractivity contribution in [1.29, 1.82) is 0 Å². The average Bonchev–Trinajstić information content (AvgIpc) is 2.45. The predicted octanol–water partition coefficient (Wildman–Crippen LogP) is 2.56. The molecule has 116 valence electrons. The third-order valence-electron chi connectivity index (χ3n) is 3.38. The molecule has 1 rings (SSSR count). The minimum absolute atomic E-state index is 0.0591. The Kier molecular flexibility index (Phi) is 6.72. The van der Waals surface area contributed by atoms with Gasteiger partial charge in [0, 0.05) is 18.9 Å². The second kappa shape index (κ2) is 8.29. The van der Waals surface area contributed by atoms with Crippen molar-refractivity contribution in [2.75, 3.05) is 7.11 Å². The lowest BCUT2D eigenvalue weighted by Crippen LogP contribution is -2.33. The van der Waals surface area contributed by atoms with E-state index in [1.807, 2.05) is 38.1 Å². The normalized spacial score (nSPS) is 13.3. The molecule has 21 heavy (non-hydrogen) atoms. The summed E-state index contributed by atoms with van der Waals surface area (Å²) in [4.78, 5) is 22.4. The summed E-state index contributed by atoms with van der Waals surface area (Å²) < 4.78 is 5.10. The molecule has 0 fully saturated rings. The average molecular weight is 293 g/mol. The summed E-state index contributed by atoms with van der Waals surface area (Å²) in [6, 6.07) is 7.52. The van der Waals surface area contributed by atoms with E-state index in [1.165, 1.54) is 0 Å². The number of amides is 1. The summed E-state index contributed by atoms with van der Waals surface area (Å²) in [5.41, 5.74) is 1.07. The molecule has 5 heteroatoms. The fraction of sp³-hybridized carbons (Fsp3) is 0.500. The van der Waals surface area contributed by atoms with Gasteiger partial charge in [0.15, 0.2) is 0 Å². The van der Waals surface area contributed by atoms with E-state index >= 15 is 0 Å². The largest absolute Gasteiger partial charge is 0.497 e. The minimum atomic E-state index is -0.845. The molecule has 0 saturated heterocycles. The second-order valence-electron chi connectivity index (χ2n) is 5.28. The Morgan fingerprint density at radius 1 is 1.24 bits per heavy atom. The fourth-order valence-electron chi connectivity index (χ4n) is 2.07. The molecule has 2 atom stereocenters. The van der Waals surface area contributed by atoms with E-state index in [9.17, 15) is 9.59 Å². The standard InChI is InChI=1S/C16H23NO4/c1-11(13-5-7-14(21-3)8-6-13)10-15(18)17-12(2)4-9-16(19)20/h5-8,11-12H,4,9-10H2,1-3H3,(H,17,18)(H,19,20). The number of hydrogen-bond acceptors (Lipinski definition) is 3. The molecule has 0 saturated carbocycles. The maximum Gasteiger partial charge on any atom is 0.303 e. The highest BCUT2D eigenvalue weighted by atomic mass is 16.5. The zero-order valence-corrected chi connectivity index (χ0v) is 12.8. The van der Waals surface area contributed by atoms with Gasteiger partial charge in [-0.15, -0.1) is 0 Å². The molecule has 1 aromatic carbocycles. The van der Waals surface area contributed by atoms with E-state index in [1.54, 1.807) is 7.11 Å². The zero-order chi connectivity index (χ0) is 15.8. The van der Waals surface area contributed by atoms with Gasteiger partial charge in [0.2, 0.25) is 5.91 Å². The van der Waals surface area contributed by atoms with Crippen LogP contribution in [0.3, 0.4) is 0 Å². The monoisotopic (exact) mass is 293 g/mol. The van der Waals surface area contributed by atoms with Crippen LogP contribution >= 0.6 is 0 Å². The van der Waals surface area contributed by atoms with Crippen molar-refractivity contribution >= 4 is 11.9 Å². The summed E-state index contributed by atoms with van der Waals surface area (Å²) >= 11 is 0. The van der Waals surface area contributed by atoms with E-state index in [2.05, 4.69) is 5.32 Å². The van der Waals surface area contributed by atoms with Crippen LogP contribution in [0.4, 0.5) is 0 Å². The summed E-state index contributed by atoms with van der Waals surface area (Å²) in [5.74, 6) is -0.0146. The number of carboxylic acids is 1. The number of ether oxygens (including phenoxy) is 1. The first-order valence-corrected chi connectivity index (χ1v) is 7.07. The molecular weight excluding hydrogens is 270 g/mol. The van der Waals surface area contributed by atoms with Gasteiger partial charge in [0.1, 0.15) is 5.75 Å². The molecule has 2 unspecified atom stereocenters. The van der Waals surface area contributed by atoms with E-state index < -0.39 is 5.97 Å². The molecular formula is C16H23NO4. The summed E-state index contributed by atoms with van der Waals surface area (Å²) in [5, 5.41) is 11.4. The van der Waals surface area contributed by atoms with Crippen LogP contribution < -0.4 is 10.1 Å². The van der Waals surface area contributed by atoms with Gasteiger partial charge in [-0.05, 0) is 37.0 Å². The molecule has 5 nitrogen and oxygen atoms in total. The van der Waals surface area contributed by atoms with Crippen molar-refractivity contribution in [3.8, 4) is 5.75 Å². The number of carbonyl (C=O) groups excluding carboxylic acids is 1. The molecule has 0 aliphatic carbocycles. The first-order chi connectivity index (χ1) is 9.92. The maximum atomic E-state index is 11.9. The molecule has 0 spiro atoms. The van der Waals surface area contributed by atoms with Crippen molar-refractivity contribution in [2.45, 2.75) is 45.1 Å². The van der Waals surface area contributed by atoms with Gasteiger partial charge >= 0.3 is 5.97 Å². The summed E-state index contributed by atoms with van der Waals surface area (Å²) in [6.07, 6.45) is 0.886. The Hall–Kier alpha value is -2.04. The highest BCUT2D eigenvalue weighted by Gasteiger charge is 2.14. The zero-order valence-electron chi connectivity index (χ0n) is 12.8. The third kappa shape index (κ3) is 6.29.